The van der Waals surface area contributed by atoms with Crippen LogP contribution in [0, 0.1) is 19.8 Å². The Labute approximate surface area is 126 Å². The molecule has 1 fully saturated rings. The standard InChI is InChI=1S/C17H24N4/c1-12-19-13(2)21(20-12)17-10-15(8-9-16(17)11-18)14-6-4-3-5-7-14/h3-7,15-17H,8-11,18H2,1-2H3. The van der Waals surface area contributed by atoms with Gasteiger partial charge in [0.05, 0.1) is 6.04 Å². The first kappa shape index (κ1) is 14.3. The smallest absolute Gasteiger partial charge is 0.147 e. The van der Waals surface area contributed by atoms with E-state index in [0.29, 0.717) is 17.9 Å². The van der Waals surface area contributed by atoms with E-state index in [9.17, 15) is 0 Å². The van der Waals surface area contributed by atoms with Gasteiger partial charge in [-0.3, -0.25) is 0 Å². The highest BCUT2D eigenvalue weighted by molar-refractivity contribution is 5.20. The van der Waals surface area contributed by atoms with E-state index in [4.69, 9.17) is 5.73 Å². The molecule has 3 atom stereocenters. The van der Waals surface area contributed by atoms with Crippen LogP contribution in [0.1, 0.15) is 48.4 Å². The lowest BCUT2D eigenvalue weighted by molar-refractivity contribution is 0.205. The van der Waals surface area contributed by atoms with Crippen molar-refractivity contribution in [2.24, 2.45) is 11.7 Å². The maximum atomic E-state index is 6.01. The summed E-state index contributed by atoms with van der Waals surface area (Å²) in [4.78, 5) is 4.46. The molecule has 0 saturated heterocycles. The largest absolute Gasteiger partial charge is 0.330 e. The molecule has 2 N–H and O–H groups in total. The van der Waals surface area contributed by atoms with Gasteiger partial charge in [0, 0.05) is 0 Å². The minimum Gasteiger partial charge on any atom is -0.330 e. The number of benzene rings is 1. The second-order valence-corrected chi connectivity index (χ2v) is 6.13. The summed E-state index contributed by atoms with van der Waals surface area (Å²) < 4.78 is 2.11. The number of nitrogens with zero attached hydrogens (tertiary/aromatic N) is 3. The molecule has 3 unspecified atom stereocenters. The summed E-state index contributed by atoms with van der Waals surface area (Å²) in [5.74, 6) is 2.96. The van der Waals surface area contributed by atoms with Crippen LogP contribution in [-0.2, 0) is 0 Å². The highest BCUT2D eigenvalue weighted by Gasteiger charge is 2.33. The molecule has 112 valence electrons. The number of rotatable bonds is 3. The van der Waals surface area contributed by atoms with Crippen molar-refractivity contribution in [1.82, 2.24) is 14.8 Å². The van der Waals surface area contributed by atoms with Crippen molar-refractivity contribution >= 4 is 0 Å². The maximum absolute atomic E-state index is 6.01. The van der Waals surface area contributed by atoms with Gasteiger partial charge in [-0.25, -0.2) is 9.67 Å². The first-order valence-corrected chi connectivity index (χ1v) is 7.83. The predicted octanol–water partition coefficient (Wildman–Crippen LogP) is 2.98. The summed E-state index contributed by atoms with van der Waals surface area (Å²) >= 11 is 0. The normalized spacial score (nSPS) is 26.0. The Balaban J connectivity index is 1.87. The Morgan fingerprint density at radius 3 is 2.57 bits per heavy atom. The lowest BCUT2D eigenvalue weighted by Crippen LogP contribution is -2.33. The fourth-order valence-corrected chi connectivity index (χ4v) is 3.66. The van der Waals surface area contributed by atoms with Gasteiger partial charge in [-0.05, 0) is 57.1 Å². The summed E-state index contributed by atoms with van der Waals surface area (Å²) in [7, 11) is 0. The quantitative estimate of drug-likeness (QED) is 0.942. The van der Waals surface area contributed by atoms with Crippen LogP contribution < -0.4 is 5.73 Å². The number of aromatic nitrogens is 3. The molecule has 0 bridgehead atoms. The molecule has 1 saturated carbocycles. The summed E-state index contributed by atoms with van der Waals surface area (Å²) in [6, 6.07) is 11.2. The Kier molecular flexibility index (Phi) is 4.06. The van der Waals surface area contributed by atoms with Crippen LogP contribution >= 0.6 is 0 Å². The van der Waals surface area contributed by atoms with Gasteiger partial charge in [-0.15, -0.1) is 0 Å². The van der Waals surface area contributed by atoms with Gasteiger partial charge in [0.25, 0.3) is 0 Å². The van der Waals surface area contributed by atoms with Gasteiger partial charge >= 0.3 is 0 Å². The zero-order valence-corrected chi connectivity index (χ0v) is 12.9. The third-order valence-electron chi connectivity index (χ3n) is 4.75. The molecule has 1 heterocycles. The van der Waals surface area contributed by atoms with E-state index in [2.05, 4.69) is 45.1 Å². The third-order valence-corrected chi connectivity index (χ3v) is 4.75. The Hall–Kier alpha value is -1.68. The van der Waals surface area contributed by atoms with Gasteiger partial charge in [-0.2, -0.15) is 5.10 Å². The summed E-state index contributed by atoms with van der Waals surface area (Å²) in [5, 5.41) is 4.61. The molecule has 3 rings (SSSR count). The molecule has 4 nitrogen and oxygen atoms in total. The minimum absolute atomic E-state index is 0.371. The molecule has 1 aliphatic carbocycles. The van der Waals surface area contributed by atoms with Gasteiger partial charge in [0.1, 0.15) is 11.6 Å². The van der Waals surface area contributed by atoms with Crippen LogP contribution in [0.15, 0.2) is 30.3 Å². The van der Waals surface area contributed by atoms with Crippen molar-refractivity contribution in [3.05, 3.63) is 47.5 Å². The fraction of sp³-hybridized carbons (Fsp3) is 0.529. The number of hydrogen-bond acceptors (Lipinski definition) is 3. The second-order valence-electron chi connectivity index (χ2n) is 6.13. The molecule has 1 aromatic heterocycles. The number of nitrogens with two attached hydrogens (primary N) is 1. The van der Waals surface area contributed by atoms with Crippen LogP contribution in [0.5, 0.6) is 0 Å². The van der Waals surface area contributed by atoms with E-state index in [1.165, 1.54) is 18.4 Å². The zero-order valence-electron chi connectivity index (χ0n) is 12.9. The Morgan fingerprint density at radius 2 is 1.95 bits per heavy atom. The molecule has 0 aliphatic heterocycles. The van der Waals surface area contributed by atoms with Crippen LogP contribution in [0.3, 0.4) is 0 Å². The van der Waals surface area contributed by atoms with Crippen LogP contribution in [0.25, 0.3) is 0 Å². The molecule has 0 amide bonds. The first-order valence-electron chi connectivity index (χ1n) is 7.83. The second kappa shape index (κ2) is 5.98. The zero-order chi connectivity index (χ0) is 14.8. The van der Waals surface area contributed by atoms with Crippen molar-refractivity contribution in [1.29, 1.82) is 0 Å². The van der Waals surface area contributed by atoms with Gasteiger partial charge in [-0.1, -0.05) is 30.3 Å². The number of hydrogen-bond donors (Lipinski definition) is 1. The number of aryl methyl sites for hydroxylation is 2. The minimum atomic E-state index is 0.371. The van der Waals surface area contributed by atoms with Gasteiger partial charge < -0.3 is 5.73 Å². The molecular weight excluding hydrogens is 260 g/mol. The van der Waals surface area contributed by atoms with Gasteiger partial charge in [0.15, 0.2) is 0 Å². The molecule has 21 heavy (non-hydrogen) atoms. The highest BCUT2D eigenvalue weighted by Crippen LogP contribution is 2.41. The van der Waals surface area contributed by atoms with Crippen molar-refractivity contribution in [3.63, 3.8) is 0 Å². The molecule has 2 aromatic rings. The molecule has 0 radical (unpaired) electrons. The third kappa shape index (κ3) is 2.86. The fourth-order valence-electron chi connectivity index (χ4n) is 3.66. The van der Waals surface area contributed by atoms with Crippen LogP contribution in [-0.4, -0.2) is 21.3 Å². The SMILES string of the molecule is Cc1nc(C)n(C2CC(c3ccccc3)CCC2CN)n1. The van der Waals surface area contributed by atoms with E-state index >= 15 is 0 Å². The molecule has 1 aliphatic rings. The maximum Gasteiger partial charge on any atom is 0.147 e. The van der Waals surface area contributed by atoms with Crippen LogP contribution in [0.4, 0.5) is 0 Å². The lowest BCUT2D eigenvalue weighted by Gasteiger charge is -2.36. The van der Waals surface area contributed by atoms with Crippen molar-refractivity contribution in [3.8, 4) is 0 Å². The molecule has 0 spiro atoms. The predicted molar refractivity (Wildman–Crippen MR) is 84.1 cm³/mol. The molecular formula is C17H24N4. The van der Waals surface area contributed by atoms with E-state index in [0.717, 1.165) is 24.6 Å². The average molecular weight is 284 g/mol. The first-order chi connectivity index (χ1) is 10.2. The average Bonchev–Trinajstić information content (AvgIpc) is 2.86. The Morgan fingerprint density at radius 1 is 1.19 bits per heavy atom. The highest BCUT2D eigenvalue weighted by atomic mass is 15.4. The van der Waals surface area contributed by atoms with Gasteiger partial charge in [0.2, 0.25) is 0 Å². The molecule has 4 heteroatoms. The monoisotopic (exact) mass is 284 g/mol. The van der Waals surface area contributed by atoms with E-state index < -0.39 is 0 Å². The van der Waals surface area contributed by atoms with E-state index in [1.807, 2.05) is 13.8 Å². The lowest BCUT2D eigenvalue weighted by atomic mass is 9.75. The summed E-state index contributed by atoms with van der Waals surface area (Å²) in [6.45, 7) is 4.72. The van der Waals surface area contributed by atoms with Crippen molar-refractivity contribution in [2.45, 2.75) is 45.1 Å². The van der Waals surface area contributed by atoms with E-state index in [-0.39, 0.29) is 0 Å². The van der Waals surface area contributed by atoms with E-state index in [1.54, 1.807) is 0 Å². The summed E-state index contributed by atoms with van der Waals surface area (Å²) in [5.41, 5.74) is 7.45. The van der Waals surface area contributed by atoms with Crippen molar-refractivity contribution < 1.29 is 0 Å². The van der Waals surface area contributed by atoms with Crippen molar-refractivity contribution in [2.75, 3.05) is 6.54 Å². The topological polar surface area (TPSA) is 56.7 Å². The van der Waals surface area contributed by atoms with Crippen LogP contribution in [0.2, 0.25) is 0 Å². The molecule has 1 aromatic carbocycles. The summed E-state index contributed by atoms with van der Waals surface area (Å²) in [6.07, 6.45) is 3.49. The Bertz CT molecular complexity index is 590.